The summed E-state index contributed by atoms with van der Waals surface area (Å²) in [5, 5.41) is 18.3. The average Bonchev–Trinajstić information content (AvgIpc) is 3.32. The van der Waals surface area contributed by atoms with Gasteiger partial charge in [-0.15, -0.1) is 5.10 Å². The number of aliphatic hydroxyl groups excluding tert-OH is 1. The number of benzene rings is 2. The first-order valence-corrected chi connectivity index (χ1v) is 12.8. The van der Waals surface area contributed by atoms with Crippen molar-refractivity contribution in [2.24, 2.45) is 0 Å². The lowest BCUT2D eigenvalue weighted by molar-refractivity contribution is -0.0891. The van der Waals surface area contributed by atoms with Crippen molar-refractivity contribution in [1.29, 1.82) is 0 Å². The summed E-state index contributed by atoms with van der Waals surface area (Å²) in [7, 11) is -2.08. The van der Waals surface area contributed by atoms with Crippen molar-refractivity contribution in [3.63, 3.8) is 0 Å². The third-order valence-electron chi connectivity index (χ3n) is 6.09. The van der Waals surface area contributed by atoms with E-state index in [1.54, 1.807) is 43.0 Å². The van der Waals surface area contributed by atoms with Gasteiger partial charge >= 0.3 is 0 Å². The molecular formula is C24H30N4O5S. The molecular weight excluding hydrogens is 456 g/mol. The monoisotopic (exact) mass is 486 g/mol. The van der Waals surface area contributed by atoms with Gasteiger partial charge in [0.25, 0.3) is 0 Å². The number of hydrogen-bond acceptors (Lipinski definition) is 7. The second-order valence-corrected chi connectivity index (χ2v) is 10.1. The number of nitrogens with zero attached hydrogens (tertiary/aromatic N) is 3. The van der Waals surface area contributed by atoms with Crippen LogP contribution in [0.5, 0.6) is 5.75 Å². The molecule has 2 heterocycles. The number of hydrogen-bond donors (Lipinski definition) is 2. The van der Waals surface area contributed by atoms with Crippen molar-refractivity contribution in [2.75, 3.05) is 13.7 Å². The number of aliphatic hydroxyl groups is 1. The number of rotatable bonds is 9. The van der Waals surface area contributed by atoms with E-state index in [0.717, 1.165) is 17.0 Å². The zero-order valence-corrected chi connectivity index (χ0v) is 20.1. The van der Waals surface area contributed by atoms with Crippen LogP contribution in [0.2, 0.25) is 0 Å². The SMILES string of the molecule is COc1ccc(-c2cn(CC[C@@H]3CC[C@@H](NS(=O)(=O)c4ccccc4C)[C@H](CO)O3)nn2)cc1. The summed E-state index contributed by atoms with van der Waals surface area (Å²) in [5.41, 5.74) is 2.39. The Morgan fingerprint density at radius 1 is 1.18 bits per heavy atom. The summed E-state index contributed by atoms with van der Waals surface area (Å²) in [6.45, 7) is 2.10. The molecule has 0 saturated carbocycles. The van der Waals surface area contributed by atoms with Crippen molar-refractivity contribution in [2.45, 2.75) is 55.9 Å². The first-order chi connectivity index (χ1) is 16.4. The molecule has 1 aromatic heterocycles. The molecule has 0 aliphatic carbocycles. The lowest BCUT2D eigenvalue weighted by atomic mass is 9.98. The van der Waals surface area contributed by atoms with Gasteiger partial charge in [-0.3, -0.25) is 4.68 Å². The summed E-state index contributed by atoms with van der Waals surface area (Å²) in [6, 6.07) is 14.0. The van der Waals surface area contributed by atoms with Gasteiger partial charge in [0.05, 0.1) is 43.1 Å². The van der Waals surface area contributed by atoms with Gasteiger partial charge in [-0.1, -0.05) is 23.4 Å². The van der Waals surface area contributed by atoms with Crippen LogP contribution < -0.4 is 9.46 Å². The fourth-order valence-corrected chi connectivity index (χ4v) is 5.72. The van der Waals surface area contributed by atoms with E-state index in [1.165, 1.54) is 0 Å². The second kappa shape index (κ2) is 10.6. The van der Waals surface area contributed by atoms with Crippen molar-refractivity contribution in [3.05, 3.63) is 60.3 Å². The zero-order chi connectivity index (χ0) is 24.1. The van der Waals surface area contributed by atoms with Crippen LogP contribution in [0.4, 0.5) is 0 Å². The van der Waals surface area contributed by atoms with Crippen molar-refractivity contribution in [1.82, 2.24) is 19.7 Å². The maximum atomic E-state index is 12.9. The first-order valence-electron chi connectivity index (χ1n) is 11.3. The lowest BCUT2D eigenvalue weighted by Gasteiger charge is -2.36. The Labute approximate surface area is 199 Å². The first kappa shape index (κ1) is 24.3. The normalized spacial score (nSPS) is 20.9. The van der Waals surface area contributed by atoms with Crippen LogP contribution in [0.25, 0.3) is 11.3 Å². The molecule has 0 amide bonds. The van der Waals surface area contributed by atoms with Crippen LogP contribution in [0.15, 0.2) is 59.6 Å². The Balaban J connectivity index is 1.33. The number of aromatic nitrogens is 3. The van der Waals surface area contributed by atoms with Crippen molar-refractivity contribution in [3.8, 4) is 17.0 Å². The van der Waals surface area contributed by atoms with Crippen LogP contribution in [-0.2, 0) is 21.3 Å². The number of sulfonamides is 1. The Morgan fingerprint density at radius 2 is 1.94 bits per heavy atom. The molecule has 182 valence electrons. The highest BCUT2D eigenvalue weighted by atomic mass is 32.2. The maximum absolute atomic E-state index is 12.9. The Bertz CT molecular complexity index is 1200. The molecule has 2 aromatic carbocycles. The molecule has 1 saturated heterocycles. The molecule has 0 unspecified atom stereocenters. The highest BCUT2D eigenvalue weighted by Crippen LogP contribution is 2.25. The minimum atomic E-state index is -3.71. The molecule has 34 heavy (non-hydrogen) atoms. The number of methoxy groups -OCH3 is 1. The summed E-state index contributed by atoms with van der Waals surface area (Å²) in [5.74, 6) is 0.781. The summed E-state index contributed by atoms with van der Waals surface area (Å²) < 4.78 is 41.4. The van der Waals surface area contributed by atoms with E-state index < -0.39 is 22.2 Å². The van der Waals surface area contributed by atoms with Crippen LogP contribution in [-0.4, -0.2) is 60.5 Å². The molecule has 4 rings (SSSR count). The van der Waals surface area contributed by atoms with Gasteiger partial charge in [0.15, 0.2) is 0 Å². The molecule has 0 bridgehead atoms. The minimum absolute atomic E-state index is 0.106. The van der Waals surface area contributed by atoms with Gasteiger partial charge in [-0.2, -0.15) is 0 Å². The van der Waals surface area contributed by atoms with E-state index in [4.69, 9.17) is 9.47 Å². The second-order valence-electron chi connectivity index (χ2n) is 8.43. The molecule has 1 aliphatic rings. The van der Waals surface area contributed by atoms with Gasteiger partial charge in [-0.25, -0.2) is 13.1 Å². The predicted octanol–water partition coefficient (Wildman–Crippen LogP) is 2.54. The highest BCUT2D eigenvalue weighted by molar-refractivity contribution is 7.89. The lowest BCUT2D eigenvalue weighted by Crippen LogP contribution is -2.51. The maximum Gasteiger partial charge on any atom is 0.241 e. The number of ether oxygens (including phenoxy) is 2. The smallest absolute Gasteiger partial charge is 0.241 e. The van der Waals surface area contributed by atoms with E-state index in [-0.39, 0.29) is 17.6 Å². The summed E-state index contributed by atoms with van der Waals surface area (Å²) in [4.78, 5) is 0.243. The summed E-state index contributed by atoms with van der Waals surface area (Å²) >= 11 is 0. The van der Waals surface area contributed by atoms with Crippen LogP contribution >= 0.6 is 0 Å². The fourth-order valence-electron chi connectivity index (χ4n) is 4.18. The zero-order valence-electron chi connectivity index (χ0n) is 19.3. The molecule has 0 spiro atoms. The molecule has 1 fully saturated rings. The molecule has 0 radical (unpaired) electrons. The van der Waals surface area contributed by atoms with Crippen molar-refractivity contribution >= 4 is 10.0 Å². The van der Waals surface area contributed by atoms with E-state index in [0.29, 0.717) is 31.4 Å². The van der Waals surface area contributed by atoms with Crippen LogP contribution in [0.1, 0.15) is 24.8 Å². The van der Waals surface area contributed by atoms with E-state index in [9.17, 15) is 13.5 Å². The standard InChI is InChI=1S/C24H30N4O5S/c1-17-5-3-4-6-24(17)34(30,31)26-21-12-11-20(33-23(21)16-29)13-14-28-15-22(25-27-28)18-7-9-19(32-2)10-8-18/h3-10,15,20-21,23,26,29H,11-14,16H2,1-2H3/t20-,21+,23-/m0/s1. The van der Waals surface area contributed by atoms with E-state index in [2.05, 4.69) is 15.0 Å². The number of nitrogens with one attached hydrogen (secondary N) is 1. The Morgan fingerprint density at radius 3 is 2.65 bits per heavy atom. The molecule has 10 heteroatoms. The molecule has 3 aromatic rings. The van der Waals surface area contributed by atoms with Gasteiger partial charge in [0.1, 0.15) is 11.4 Å². The average molecular weight is 487 g/mol. The van der Waals surface area contributed by atoms with Crippen LogP contribution in [0.3, 0.4) is 0 Å². The Hall–Kier alpha value is -2.79. The molecule has 2 N–H and O–H groups in total. The van der Waals surface area contributed by atoms with Crippen LogP contribution in [0, 0.1) is 6.92 Å². The largest absolute Gasteiger partial charge is 0.497 e. The minimum Gasteiger partial charge on any atom is -0.497 e. The molecule has 1 aliphatic heterocycles. The van der Waals surface area contributed by atoms with Gasteiger partial charge in [-0.05, 0) is 62.1 Å². The predicted molar refractivity (Wildman–Crippen MR) is 127 cm³/mol. The van der Waals surface area contributed by atoms with Gasteiger partial charge in [0, 0.05) is 12.1 Å². The molecule has 9 nitrogen and oxygen atoms in total. The topological polar surface area (TPSA) is 116 Å². The quantitative estimate of drug-likeness (QED) is 0.478. The highest BCUT2D eigenvalue weighted by Gasteiger charge is 2.34. The van der Waals surface area contributed by atoms with Crippen molar-refractivity contribution < 1.29 is 23.0 Å². The molecule has 3 atom stereocenters. The van der Waals surface area contributed by atoms with Gasteiger partial charge < -0.3 is 14.6 Å². The number of aryl methyl sites for hydroxylation is 2. The third kappa shape index (κ3) is 5.64. The Kier molecular flexibility index (Phi) is 7.62. The van der Waals surface area contributed by atoms with E-state index >= 15 is 0 Å². The van der Waals surface area contributed by atoms with Gasteiger partial charge in [0.2, 0.25) is 10.0 Å². The fraction of sp³-hybridized carbons (Fsp3) is 0.417. The summed E-state index contributed by atoms with van der Waals surface area (Å²) in [6.07, 6.45) is 3.10. The van der Waals surface area contributed by atoms with E-state index in [1.807, 2.05) is 30.5 Å². The third-order valence-corrected chi connectivity index (χ3v) is 7.74.